The van der Waals surface area contributed by atoms with Crippen LogP contribution in [0.1, 0.15) is 42.0 Å². The van der Waals surface area contributed by atoms with Crippen molar-refractivity contribution in [2.24, 2.45) is 5.16 Å². The summed E-state index contributed by atoms with van der Waals surface area (Å²) in [4.78, 5) is 22.0. The van der Waals surface area contributed by atoms with Crippen LogP contribution in [0, 0.1) is 0 Å². The van der Waals surface area contributed by atoms with Crippen molar-refractivity contribution >= 4 is 23.1 Å². The number of benzene rings is 3. The first-order valence-corrected chi connectivity index (χ1v) is 11.4. The average Bonchev–Trinajstić information content (AvgIpc) is 3.21. The zero-order chi connectivity index (χ0) is 22.1. The third-order valence-electron chi connectivity index (χ3n) is 6.70. The molecule has 2 heterocycles. The number of piperidine rings is 1. The molecule has 2 aliphatic heterocycles. The Kier molecular flexibility index (Phi) is 5.58. The number of carbonyl (C=O) groups excluding carboxylic acids is 1. The Hall–Kier alpha value is -2.95. The molecule has 0 bridgehead atoms. The predicted octanol–water partition coefficient (Wildman–Crippen LogP) is 5.63. The molecule has 4 nitrogen and oxygen atoms in total. The molecule has 162 valence electrons. The molecule has 1 spiro atoms. The molecule has 5 heteroatoms. The Bertz CT molecular complexity index is 1150. The van der Waals surface area contributed by atoms with Crippen molar-refractivity contribution in [3.05, 3.63) is 107 Å². The van der Waals surface area contributed by atoms with Crippen molar-refractivity contribution in [3.8, 4) is 0 Å². The number of hydrogen-bond acceptors (Lipinski definition) is 4. The van der Waals surface area contributed by atoms with Gasteiger partial charge in [0.2, 0.25) is 5.60 Å². The van der Waals surface area contributed by atoms with E-state index in [4.69, 9.17) is 16.4 Å². The van der Waals surface area contributed by atoms with Crippen molar-refractivity contribution in [2.45, 2.75) is 30.9 Å². The van der Waals surface area contributed by atoms with Crippen molar-refractivity contribution in [3.63, 3.8) is 0 Å². The maximum atomic E-state index is 13.5. The maximum absolute atomic E-state index is 13.5. The Morgan fingerprint density at radius 1 is 1.00 bits per heavy atom. The largest absolute Gasteiger partial charge is 0.378 e. The molecule has 5 rings (SSSR count). The quantitative estimate of drug-likeness (QED) is 0.523. The first-order valence-electron chi connectivity index (χ1n) is 11.0. The summed E-state index contributed by atoms with van der Waals surface area (Å²) in [5.41, 5.74) is 2.68. The van der Waals surface area contributed by atoms with E-state index in [1.54, 1.807) is 0 Å². The lowest BCUT2D eigenvalue weighted by Crippen LogP contribution is -2.58. The van der Waals surface area contributed by atoms with Gasteiger partial charge in [0.05, 0.1) is 11.6 Å². The molecule has 0 radical (unpaired) electrons. The Labute approximate surface area is 193 Å². The molecule has 1 fully saturated rings. The van der Waals surface area contributed by atoms with Crippen molar-refractivity contribution in [1.82, 2.24) is 4.90 Å². The molecule has 1 saturated heterocycles. The standard InChI is InChI=1S/C27H25ClN2O2/c1-19(20-10-4-2-5-11-20)30-17-16-24(31)27(18-30)25(22-14-8-9-15-23(22)28)26(29-32-27)21-12-6-3-7-13-21/h2-15,19,25H,16-18H2,1H3/t19-,25-,27+/m1/s1. The summed E-state index contributed by atoms with van der Waals surface area (Å²) in [7, 11) is 0. The number of carbonyl (C=O) groups is 1. The summed E-state index contributed by atoms with van der Waals surface area (Å²) in [6.07, 6.45) is 0.412. The highest BCUT2D eigenvalue weighted by Gasteiger charge is 2.58. The van der Waals surface area contributed by atoms with Crippen LogP contribution in [-0.2, 0) is 9.63 Å². The van der Waals surface area contributed by atoms with Crippen LogP contribution in [-0.4, -0.2) is 35.1 Å². The second kappa shape index (κ2) is 8.53. The van der Waals surface area contributed by atoms with Gasteiger partial charge in [0, 0.05) is 36.1 Å². The highest BCUT2D eigenvalue weighted by molar-refractivity contribution is 6.32. The lowest BCUT2D eigenvalue weighted by molar-refractivity contribution is -0.153. The highest BCUT2D eigenvalue weighted by atomic mass is 35.5. The fourth-order valence-electron chi connectivity index (χ4n) is 4.92. The second-order valence-corrected chi connectivity index (χ2v) is 8.92. The fourth-order valence-corrected chi connectivity index (χ4v) is 5.17. The van der Waals surface area contributed by atoms with Crippen molar-refractivity contribution in [1.29, 1.82) is 0 Å². The van der Waals surface area contributed by atoms with Gasteiger partial charge in [-0.2, -0.15) is 0 Å². The van der Waals surface area contributed by atoms with Gasteiger partial charge in [-0.3, -0.25) is 9.69 Å². The van der Waals surface area contributed by atoms with Gasteiger partial charge in [0.25, 0.3) is 0 Å². The molecular formula is C27H25ClN2O2. The van der Waals surface area contributed by atoms with E-state index < -0.39 is 5.60 Å². The number of Topliss-reactive ketones (excluding diaryl/α,β-unsaturated/α-hetero) is 1. The molecule has 2 aliphatic rings. The van der Waals surface area contributed by atoms with E-state index in [1.807, 2.05) is 72.8 Å². The van der Waals surface area contributed by atoms with Crippen molar-refractivity contribution in [2.75, 3.05) is 13.1 Å². The van der Waals surface area contributed by atoms with Gasteiger partial charge < -0.3 is 4.84 Å². The van der Waals surface area contributed by atoms with Gasteiger partial charge in [-0.05, 0) is 24.1 Å². The maximum Gasteiger partial charge on any atom is 0.220 e. The molecule has 3 aromatic carbocycles. The number of nitrogens with zero attached hydrogens (tertiary/aromatic N) is 2. The molecule has 0 unspecified atom stereocenters. The van der Waals surface area contributed by atoms with E-state index in [0.717, 1.165) is 16.8 Å². The van der Waals surface area contributed by atoms with Crippen LogP contribution in [0.15, 0.2) is 90.1 Å². The van der Waals surface area contributed by atoms with Gasteiger partial charge in [-0.1, -0.05) is 95.6 Å². The minimum atomic E-state index is -1.10. The van der Waals surface area contributed by atoms with Gasteiger partial charge in [-0.25, -0.2) is 0 Å². The molecule has 0 N–H and O–H groups in total. The summed E-state index contributed by atoms with van der Waals surface area (Å²) in [6, 6.07) is 28.1. The normalized spacial score (nSPS) is 24.2. The number of likely N-dealkylation sites (tertiary alicyclic amines) is 1. The van der Waals surface area contributed by atoms with Crippen LogP contribution in [0.5, 0.6) is 0 Å². The Morgan fingerprint density at radius 3 is 2.38 bits per heavy atom. The van der Waals surface area contributed by atoms with Gasteiger partial charge in [0.1, 0.15) is 0 Å². The smallest absolute Gasteiger partial charge is 0.220 e. The van der Waals surface area contributed by atoms with Crippen LogP contribution in [0.25, 0.3) is 0 Å². The summed E-state index contributed by atoms with van der Waals surface area (Å²) in [5.74, 6) is -0.300. The van der Waals surface area contributed by atoms with E-state index in [0.29, 0.717) is 24.5 Å². The molecule has 0 saturated carbocycles. The topological polar surface area (TPSA) is 41.9 Å². The lowest BCUT2D eigenvalue weighted by Gasteiger charge is -2.43. The fraction of sp³-hybridized carbons (Fsp3) is 0.259. The molecule has 32 heavy (non-hydrogen) atoms. The van der Waals surface area contributed by atoms with Crippen LogP contribution < -0.4 is 0 Å². The van der Waals surface area contributed by atoms with Crippen LogP contribution in [0.3, 0.4) is 0 Å². The SMILES string of the molecule is C[C@H](c1ccccc1)N1CCC(=O)[C@]2(C1)ON=C(c1ccccc1)[C@H]2c1ccccc1Cl. The third-order valence-corrected chi connectivity index (χ3v) is 7.04. The number of hydrogen-bond donors (Lipinski definition) is 0. The molecule has 0 aromatic heterocycles. The zero-order valence-electron chi connectivity index (χ0n) is 17.9. The number of halogens is 1. The summed E-state index contributed by atoms with van der Waals surface area (Å²) in [5, 5.41) is 5.13. The minimum absolute atomic E-state index is 0.0774. The number of ketones is 1. The molecule has 0 amide bonds. The van der Waals surface area contributed by atoms with Gasteiger partial charge in [0.15, 0.2) is 5.78 Å². The molecule has 0 aliphatic carbocycles. The molecular weight excluding hydrogens is 420 g/mol. The van der Waals surface area contributed by atoms with E-state index in [9.17, 15) is 4.79 Å². The monoisotopic (exact) mass is 444 g/mol. The van der Waals surface area contributed by atoms with Crippen LogP contribution in [0.2, 0.25) is 5.02 Å². The van der Waals surface area contributed by atoms with Crippen molar-refractivity contribution < 1.29 is 9.63 Å². The van der Waals surface area contributed by atoms with Crippen LogP contribution in [0.4, 0.5) is 0 Å². The Morgan fingerprint density at radius 2 is 1.66 bits per heavy atom. The summed E-state index contributed by atoms with van der Waals surface area (Å²) in [6.45, 7) is 3.32. The minimum Gasteiger partial charge on any atom is -0.378 e. The highest BCUT2D eigenvalue weighted by Crippen LogP contribution is 2.46. The lowest BCUT2D eigenvalue weighted by atomic mass is 9.72. The molecule has 3 aromatic rings. The van der Waals surface area contributed by atoms with Crippen LogP contribution >= 0.6 is 11.6 Å². The molecule has 3 atom stereocenters. The first kappa shape index (κ1) is 20.9. The third kappa shape index (κ3) is 3.54. The predicted molar refractivity (Wildman–Crippen MR) is 127 cm³/mol. The van der Waals surface area contributed by atoms with E-state index in [2.05, 4.69) is 29.1 Å². The van der Waals surface area contributed by atoms with Gasteiger partial charge in [-0.15, -0.1) is 0 Å². The summed E-state index contributed by atoms with van der Waals surface area (Å²) < 4.78 is 0. The zero-order valence-corrected chi connectivity index (χ0v) is 18.7. The average molecular weight is 445 g/mol. The van der Waals surface area contributed by atoms with E-state index >= 15 is 0 Å². The van der Waals surface area contributed by atoms with E-state index in [1.165, 1.54) is 5.56 Å². The second-order valence-electron chi connectivity index (χ2n) is 8.51. The summed E-state index contributed by atoms with van der Waals surface area (Å²) >= 11 is 6.67. The first-order chi connectivity index (χ1) is 15.6. The number of oxime groups is 1. The Balaban J connectivity index is 1.58. The number of rotatable bonds is 4. The van der Waals surface area contributed by atoms with E-state index in [-0.39, 0.29) is 17.7 Å². The van der Waals surface area contributed by atoms with Gasteiger partial charge >= 0.3 is 0 Å².